The van der Waals surface area contributed by atoms with Crippen LogP contribution in [0.2, 0.25) is 0 Å². The molecule has 3 nitrogen and oxygen atoms in total. The molecule has 0 aliphatic rings. The number of thioether (sulfide) groups is 1. The predicted octanol–water partition coefficient (Wildman–Crippen LogP) is 0.678. The number of hydrogen-bond donors (Lipinski definition) is 0. The fraction of sp³-hybridized carbons (Fsp3) is 0.600. The summed E-state index contributed by atoms with van der Waals surface area (Å²) >= 11 is 1.77. The molecule has 1 rings (SSSR count). The summed E-state index contributed by atoms with van der Waals surface area (Å²) in [5, 5.41) is 7.53. The zero-order valence-electron chi connectivity index (χ0n) is 5.53. The quantitative estimate of drug-likeness (QED) is 0.610. The molecule has 0 radical (unpaired) electrons. The molecule has 50 valence electrons. The van der Waals surface area contributed by atoms with E-state index in [2.05, 4.69) is 16.6 Å². The summed E-state index contributed by atoms with van der Waals surface area (Å²) in [5.41, 5.74) is 1.17. The first kappa shape index (κ1) is 6.61. The first-order chi connectivity index (χ1) is 4.34. The van der Waals surface area contributed by atoms with Gasteiger partial charge in [-0.3, -0.25) is 4.68 Å². The summed E-state index contributed by atoms with van der Waals surface area (Å²) in [6, 6.07) is 0. The molecule has 0 saturated carbocycles. The van der Waals surface area contributed by atoms with Gasteiger partial charge in [0.15, 0.2) is 0 Å². The zero-order chi connectivity index (χ0) is 6.69. The van der Waals surface area contributed by atoms with E-state index >= 15 is 0 Å². The third-order valence-electron chi connectivity index (χ3n) is 1.10. The molecular formula is C5H9N3S. The van der Waals surface area contributed by atoms with Crippen molar-refractivity contribution in [3.63, 3.8) is 0 Å². The van der Waals surface area contributed by atoms with Gasteiger partial charge in [-0.2, -0.15) is 11.8 Å². The van der Waals surface area contributed by atoms with Crippen LogP contribution in [-0.2, 0) is 12.8 Å². The molecule has 0 fully saturated rings. The average Bonchev–Trinajstić information content (AvgIpc) is 2.18. The molecule has 9 heavy (non-hydrogen) atoms. The summed E-state index contributed by atoms with van der Waals surface area (Å²) in [5.74, 6) is 0.990. The van der Waals surface area contributed by atoms with E-state index in [-0.39, 0.29) is 0 Å². The molecule has 0 saturated heterocycles. The van der Waals surface area contributed by atoms with E-state index in [0.29, 0.717) is 0 Å². The Morgan fingerprint density at radius 2 is 2.56 bits per heavy atom. The van der Waals surface area contributed by atoms with Crippen LogP contribution in [-0.4, -0.2) is 21.2 Å². The van der Waals surface area contributed by atoms with Gasteiger partial charge in [0.05, 0.1) is 11.9 Å². The van der Waals surface area contributed by atoms with Crippen molar-refractivity contribution in [1.29, 1.82) is 0 Å². The lowest BCUT2D eigenvalue weighted by atomic mass is 10.5. The standard InChI is InChI=1S/C5H9N3S/c1-8-5(4-9-2)3-6-7-8/h3H,4H2,1-2H3. The van der Waals surface area contributed by atoms with Crippen LogP contribution in [0.25, 0.3) is 0 Å². The van der Waals surface area contributed by atoms with Gasteiger partial charge in [0.25, 0.3) is 0 Å². The fourth-order valence-electron chi connectivity index (χ4n) is 0.589. The molecule has 0 N–H and O–H groups in total. The summed E-state index contributed by atoms with van der Waals surface area (Å²) in [4.78, 5) is 0. The molecule has 0 bridgehead atoms. The van der Waals surface area contributed by atoms with E-state index in [1.807, 2.05) is 7.05 Å². The van der Waals surface area contributed by atoms with Gasteiger partial charge >= 0.3 is 0 Å². The lowest BCUT2D eigenvalue weighted by molar-refractivity contribution is 0.694. The monoisotopic (exact) mass is 143 g/mol. The molecule has 0 spiro atoms. The molecule has 1 heterocycles. The van der Waals surface area contributed by atoms with Crippen molar-refractivity contribution < 1.29 is 0 Å². The van der Waals surface area contributed by atoms with Crippen molar-refractivity contribution >= 4 is 11.8 Å². The maximum atomic E-state index is 3.79. The van der Waals surface area contributed by atoms with Gasteiger partial charge in [0.1, 0.15) is 0 Å². The molecule has 0 aromatic carbocycles. The van der Waals surface area contributed by atoms with E-state index in [1.165, 1.54) is 5.69 Å². The van der Waals surface area contributed by atoms with Crippen molar-refractivity contribution in [2.75, 3.05) is 6.26 Å². The smallest absolute Gasteiger partial charge is 0.0733 e. The molecule has 0 aliphatic carbocycles. The summed E-state index contributed by atoms with van der Waals surface area (Å²) < 4.78 is 1.79. The topological polar surface area (TPSA) is 30.7 Å². The van der Waals surface area contributed by atoms with Crippen LogP contribution < -0.4 is 0 Å². The van der Waals surface area contributed by atoms with Crippen LogP contribution in [0.4, 0.5) is 0 Å². The highest BCUT2D eigenvalue weighted by Gasteiger charge is 1.95. The number of hydrogen-bond acceptors (Lipinski definition) is 3. The third-order valence-corrected chi connectivity index (χ3v) is 1.68. The van der Waals surface area contributed by atoms with Gasteiger partial charge < -0.3 is 0 Å². The Bertz CT molecular complexity index is 184. The fourth-order valence-corrected chi connectivity index (χ4v) is 1.15. The number of nitrogens with zero attached hydrogens (tertiary/aromatic N) is 3. The minimum absolute atomic E-state index is 0.990. The third kappa shape index (κ3) is 1.45. The first-order valence-corrected chi connectivity index (χ1v) is 4.06. The molecular weight excluding hydrogens is 134 g/mol. The molecule has 0 amide bonds. The minimum Gasteiger partial charge on any atom is -0.252 e. The Balaban J connectivity index is 2.69. The second-order valence-corrected chi connectivity index (χ2v) is 2.65. The summed E-state index contributed by atoms with van der Waals surface area (Å²) in [6.45, 7) is 0. The Labute approximate surface area is 58.4 Å². The Morgan fingerprint density at radius 3 is 3.00 bits per heavy atom. The van der Waals surface area contributed by atoms with Crippen molar-refractivity contribution in [2.45, 2.75) is 5.75 Å². The van der Waals surface area contributed by atoms with Crippen molar-refractivity contribution in [3.05, 3.63) is 11.9 Å². The second kappa shape index (κ2) is 2.87. The molecule has 0 aliphatic heterocycles. The predicted molar refractivity (Wildman–Crippen MR) is 38.2 cm³/mol. The first-order valence-electron chi connectivity index (χ1n) is 2.67. The zero-order valence-corrected chi connectivity index (χ0v) is 6.35. The van der Waals surface area contributed by atoms with E-state index in [9.17, 15) is 0 Å². The highest BCUT2D eigenvalue weighted by Crippen LogP contribution is 2.04. The maximum Gasteiger partial charge on any atom is 0.0733 e. The van der Waals surface area contributed by atoms with Crippen LogP contribution in [0.3, 0.4) is 0 Å². The molecule has 4 heteroatoms. The van der Waals surface area contributed by atoms with Crippen molar-refractivity contribution in [2.24, 2.45) is 7.05 Å². The van der Waals surface area contributed by atoms with Crippen molar-refractivity contribution in [1.82, 2.24) is 15.0 Å². The lowest BCUT2D eigenvalue weighted by Gasteiger charge is -1.93. The Morgan fingerprint density at radius 1 is 1.78 bits per heavy atom. The summed E-state index contributed by atoms with van der Waals surface area (Å²) in [7, 11) is 1.90. The van der Waals surface area contributed by atoms with E-state index in [4.69, 9.17) is 0 Å². The molecule has 1 aromatic rings. The van der Waals surface area contributed by atoms with E-state index < -0.39 is 0 Å². The molecule has 0 atom stereocenters. The van der Waals surface area contributed by atoms with Crippen LogP contribution in [0.1, 0.15) is 5.69 Å². The van der Waals surface area contributed by atoms with Gasteiger partial charge in [0.2, 0.25) is 0 Å². The molecule has 0 unspecified atom stereocenters. The number of aromatic nitrogens is 3. The van der Waals surface area contributed by atoms with Crippen LogP contribution in [0.5, 0.6) is 0 Å². The van der Waals surface area contributed by atoms with E-state index in [0.717, 1.165) is 5.75 Å². The van der Waals surface area contributed by atoms with Gasteiger partial charge in [0, 0.05) is 12.8 Å². The summed E-state index contributed by atoms with van der Waals surface area (Å²) in [6.07, 6.45) is 3.85. The highest BCUT2D eigenvalue weighted by molar-refractivity contribution is 7.97. The SMILES string of the molecule is CSCc1cnnn1C. The molecule has 1 aromatic heterocycles. The lowest BCUT2D eigenvalue weighted by Crippen LogP contribution is -1.95. The average molecular weight is 143 g/mol. The van der Waals surface area contributed by atoms with Crippen molar-refractivity contribution in [3.8, 4) is 0 Å². The highest BCUT2D eigenvalue weighted by atomic mass is 32.2. The Kier molecular flexibility index (Phi) is 2.10. The normalized spacial score (nSPS) is 10.0. The van der Waals surface area contributed by atoms with Crippen LogP contribution in [0.15, 0.2) is 6.20 Å². The van der Waals surface area contributed by atoms with Gasteiger partial charge in [-0.1, -0.05) is 5.21 Å². The number of rotatable bonds is 2. The maximum absolute atomic E-state index is 3.79. The minimum atomic E-state index is 0.990. The Hall–Kier alpha value is -0.510. The number of aryl methyl sites for hydroxylation is 1. The van der Waals surface area contributed by atoms with Gasteiger partial charge in [-0.25, -0.2) is 0 Å². The van der Waals surface area contributed by atoms with E-state index in [1.54, 1.807) is 22.6 Å². The van der Waals surface area contributed by atoms with Crippen LogP contribution >= 0.6 is 11.8 Å². The van der Waals surface area contributed by atoms with Gasteiger partial charge in [-0.05, 0) is 6.26 Å². The van der Waals surface area contributed by atoms with Gasteiger partial charge in [-0.15, -0.1) is 5.10 Å². The second-order valence-electron chi connectivity index (χ2n) is 1.78. The van der Waals surface area contributed by atoms with Crippen LogP contribution in [0, 0.1) is 0 Å². The largest absolute Gasteiger partial charge is 0.252 e.